The van der Waals surface area contributed by atoms with Gasteiger partial charge in [-0.2, -0.15) is 0 Å². The zero-order valence-corrected chi connectivity index (χ0v) is 22.8. The number of benzene rings is 3. The van der Waals surface area contributed by atoms with Crippen molar-refractivity contribution < 1.29 is 14.7 Å². The van der Waals surface area contributed by atoms with E-state index in [2.05, 4.69) is 22.5 Å². The molecular weight excluding hydrogens is 486 g/mol. The number of nitrogens with zero attached hydrogens (tertiary/aromatic N) is 1. The van der Waals surface area contributed by atoms with Gasteiger partial charge < -0.3 is 15.7 Å². The minimum atomic E-state index is -0.441. The molecule has 0 aliphatic heterocycles. The fraction of sp³-hybridized carbons (Fsp3) is 0.364. The Morgan fingerprint density at radius 2 is 1.46 bits per heavy atom. The number of carbonyl (C=O) groups excluding carboxylic acids is 2. The first-order chi connectivity index (χ1) is 19.1. The zero-order valence-electron chi connectivity index (χ0n) is 22.8. The van der Waals surface area contributed by atoms with Gasteiger partial charge in [0.2, 0.25) is 0 Å². The molecule has 0 radical (unpaired) electrons. The van der Waals surface area contributed by atoms with Crippen molar-refractivity contribution in [2.24, 2.45) is 0 Å². The molecule has 1 aromatic heterocycles. The molecule has 6 nitrogen and oxygen atoms in total. The first kappa shape index (κ1) is 28.1. The molecule has 4 rings (SSSR count). The van der Waals surface area contributed by atoms with Crippen molar-refractivity contribution in [3.63, 3.8) is 0 Å². The Morgan fingerprint density at radius 3 is 2.23 bits per heavy atom. The summed E-state index contributed by atoms with van der Waals surface area (Å²) < 4.78 is 0. The number of hydrogen-bond acceptors (Lipinski definition) is 4. The number of amides is 2. The number of phenols is 1. The lowest BCUT2D eigenvalue weighted by Gasteiger charge is -2.11. The van der Waals surface area contributed by atoms with Gasteiger partial charge in [0, 0.05) is 23.7 Å². The molecule has 39 heavy (non-hydrogen) atoms. The van der Waals surface area contributed by atoms with Crippen LogP contribution in [-0.4, -0.2) is 28.4 Å². The van der Waals surface area contributed by atoms with E-state index in [1.807, 2.05) is 24.3 Å². The van der Waals surface area contributed by atoms with Gasteiger partial charge in [-0.25, -0.2) is 0 Å². The fourth-order valence-corrected chi connectivity index (χ4v) is 4.92. The van der Waals surface area contributed by atoms with Gasteiger partial charge in [0.05, 0.1) is 16.8 Å². The maximum Gasteiger partial charge on any atom is 0.259 e. The molecule has 0 saturated heterocycles. The number of hydrogen-bond donors (Lipinski definition) is 3. The summed E-state index contributed by atoms with van der Waals surface area (Å²) in [6.07, 6.45) is 14.2. The molecule has 1 heterocycles. The minimum Gasteiger partial charge on any atom is -0.507 e. The molecule has 0 unspecified atom stereocenters. The summed E-state index contributed by atoms with van der Waals surface area (Å²) in [5.41, 5.74) is 1.91. The Hall–Kier alpha value is -3.93. The van der Waals surface area contributed by atoms with E-state index in [9.17, 15) is 14.7 Å². The maximum absolute atomic E-state index is 13.1. The topological polar surface area (TPSA) is 91.3 Å². The van der Waals surface area contributed by atoms with E-state index in [1.54, 1.807) is 42.6 Å². The predicted molar refractivity (Wildman–Crippen MR) is 159 cm³/mol. The molecule has 0 spiro atoms. The third-order valence-electron chi connectivity index (χ3n) is 7.16. The van der Waals surface area contributed by atoms with Gasteiger partial charge in [-0.05, 0) is 53.6 Å². The van der Waals surface area contributed by atoms with Gasteiger partial charge in [0.1, 0.15) is 5.75 Å². The lowest BCUT2D eigenvalue weighted by Crippen LogP contribution is -2.24. The van der Waals surface area contributed by atoms with Crippen LogP contribution >= 0.6 is 0 Å². The highest BCUT2D eigenvalue weighted by atomic mass is 16.3. The lowest BCUT2D eigenvalue weighted by atomic mass is 10.0. The number of para-hydroxylation sites is 1. The molecule has 0 aliphatic rings. The number of unbranched alkanes of at least 4 members (excludes halogenated alkanes) is 9. The third-order valence-corrected chi connectivity index (χ3v) is 7.16. The second-order valence-electron chi connectivity index (χ2n) is 10.2. The molecule has 3 N–H and O–H groups in total. The number of aromatic hydroxyl groups is 1. The summed E-state index contributed by atoms with van der Waals surface area (Å²) in [6.45, 7) is 2.89. The number of anilines is 1. The Balaban J connectivity index is 1.31. The van der Waals surface area contributed by atoms with Gasteiger partial charge >= 0.3 is 0 Å². The summed E-state index contributed by atoms with van der Waals surface area (Å²) >= 11 is 0. The van der Waals surface area contributed by atoms with Crippen molar-refractivity contribution in [3.05, 3.63) is 78.0 Å². The van der Waals surface area contributed by atoms with Crippen LogP contribution in [0.2, 0.25) is 0 Å². The van der Waals surface area contributed by atoms with Crippen LogP contribution in [0.3, 0.4) is 0 Å². The smallest absolute Gasteiger partial charge is 0.259 e. The van der Waals surface area contributed by atoms with E-state index < -0.39 is 5.91 Å². The molecule has 4 aromatic rings. The van der Waals surface area contributed by atoms with E-state index in [-0.39, 0.29) is 17.2 Å². The Bertz CT molecular complexity index is 1410. The lowest BCUT2D eigenvalue weighted by molar-refractivity contribution is 0.0952. The third kappa shape index (κ3) is 7.79. The summed E-state index contributed by atoms with van der Waals surface area (Å²) in [4.78, 5) is 30.2. The van der Waals surface area contributed by atoms with E-state index in [0.717, 1.165) is 23.6 Å². The van der Waals surface area contributed by atoms with Crippen molar-refractivity contribution in [2.75, 3.05) is 11.9 Å². The first-order valence-corrected chi connectivity index (χ1v) is 14.3. The zero-order chi connectivity index (χ0) is 27.5. The molecular formula is C33H39N3O3. The Labute approximate surface area is 230 Å². The van der Waals surface area contributed by atoms with Crippen LogP contribution in [0.25, 0.3) is 21.7 Å². The van der Waals surface area contributed by atoms with Crippen molar-refractivity contribution in [2.45, 2.75) is 71.1 Å². The molecule has 0 atom stereocenters. The van der Waals surface area contributed by atoms with Crippen LogP contribution in [0.15, 0.2) is 66.9 Å². The van der Waals surface area contributed by atoms with Crippen LogP contribution < -0.4 is 10.6 Å². The maximum atomic E-state index is 13.1. The van der Waals surface area contributed by atoms with E-state index in [1.165, 1.54) is 51.4 Å². The van der Waals surface area contributed by atoms with E-state index >= 15 is 0 Å². The first-order valence-electron chi connectivity index (χ1n) is 14.3. The predicted octanol–water partition coefficient (Wildman–Crippen LogP) is 8.00. The summed E-state index contributed by atoms with van der Waals surface area (Å²) in [7, 11) is 0. The van der Waals surface area contributed by atoms with E-state index in [4.69, 9.17) is 0 Å². The van der Waals surface area contributed by atoms with Crippen molar-refractivity contribution in [3.8, 4) is 5.75 Å². The second kappa shape index (κ2) is 14.3. The van der Waals surface area contributed by atoms with Crippen LogP contribution in [0.4, 0.5) is 5.69 Å². The van der Waals surface area contributed by atoms with Gasteiger partial charge in [0.25, 0.3) is 11.8 Å². The molecule has 6 heteroatoms. The molecule has 0 saturated carbocycles. The van der Waals surface area contributed by atoms with E-state index in [0.29, 0.717) is 28.7 Å². The van der Waals surface area contributed by atoms with Crippen LogP contribution in [0, 0.1) is 0 Å². The monoisotopic (exact) mass is 525 g/mol. The Kier molecular flexibility index (Phi) is 10.3. The standard InChI is InChI=1S/C33H39N3O3/c1-2-3-4-5-6-7-8-9-10-11-19-35-32(38)26-18-17-25-23-30(37)28(22-27(25)21-26)33(39)36-29-16-12-14-24-15-13-20-34-31(24)29/h12-18,20-23,37H,2-11,19H2,1H3,(H,35,38)(H,36,39). The van der Waals surface area contributed by atoms with Gasteiger partial charge in [-0.3, -0.25) is 14.6 Å². The summed E-state index contributed by atoms with van der Waals surface area (Å²) in [6, 6.07) is 17.8. The van der Waals surface area contributed by atoms with Crippen LogP contribution in [0.5, 0.6) is 5.75 Å². The number of fused-ring (bicyclic) bond motifs is 2. The van der Waals surface area contributed by atoms with Gasteiger partial charge in [0.15, 0.2) is 0 Å². The average Bonchev–Trinajstić information content (AvgIpc) is 2.95. The number of carbonyl (C=O) groups is 2. The number of nitrogens with one attached hydrogen (secondary N) is 2. The highest BCUT2D eigenvalue weighted by Gasteiger charge is 2.15. The van der Waals surface area contributed by atoms with Crippen molar-refractivity contribution >= 4 is 39.2 Å². The molecule has 0 bridgehead atoms. The van der Waals surface area contributed by atoms with Crippen molar-refractivity contribution in [1.29, 1.82) is 0 Å². The van der Waals surface area contributed by atoms with Crippen LogP contribution in [0.1, 0.15) is 91.8 Å². The number of aromatic nitrogens is 1. The molecule has 0 fully saturated rings. The highest BCUT2D eigenvalue weighted by Crippen LogP contribution is 2.28. The Morgan fingerprint density at radius 1 is 0.744 bits per heavy atom. The molecule has 3 aromatic carbocycles. The molecule has 0 aliphatic carbocycles. The molecule has 2 amide bonds. The van der Waals surface area contributed by atoms with Crippen LogP contribution in [-0.2, 0) is 0 Å². The average molecular weight is 526 g/mol. The SMILES string of the molecule is CCCCCCCCCCCCNC(=O)c1ccc2cc(O)c(C(=O)Nc3cccc4cccnc34)cc2c1. The number of rotatable bonds is 14. The van der Waals surface area contributed by atoms with Gasteiger partial charge in [-0.15, -0.1) is 0 Å². The largest absolute Gasteiger partial charge is 0.507 e. The minimum absolute atomic E-state index is 0.119. The van der Waals surface area contributed by atoms with Gasteiger partial charge in [-0.1, -0.05) is 89.0 Å². The second-order valence-corrected chi connectivity index (χ2v) is 10.2. The normalized spacial score (nSPS) is 11.1. The fourth-order valence-electron chi connectivity index (χ4n) is 4.92. The number of phenolic OH excluding ortho intramolecular Hbond substituents is 1. The highest BCUT2D eigenvalue weighted by molar-refractivity contribution is 6.11. The quantitative estimate of drug-likeness (QED) is 0.145. The summed E-state index contributed by atoms with van der Waals surface area (Å²) in [5, 5.41) is 18.8. The molecule has 204 valence electrons. The summed E-state index contributed by atoms with van der Waals surface area (Å²) in [5.74, 6) is -0.691. The number of pyridine rings is 1. The van der Waals surface area contributed by atoms with Crippen molar-refractivity contribution in [1.82, 2.24) is 10.3 Å².